The summed E-state index contributed by atoms with van der Waals surface area (Å²) in [6, 6.07) is 0. The molecule has 0 amide bonds. The zero-order valence-electron chi connectivity index (χ0n) is 6.84. The van der Waals surface area contributed by atoms with E-state index in [-0.39, 0.29) is 6.10 Å². The summed E-state index contributed by atoms with van der Waals surface area (Å²) in [5.74, 6) is 0. The Hall–Kier alpha value is -0.443. The van der Waals surface area contributed by atoms with Crippen LogP contribution in [0.1, 0.15) is 20.8 Å². The average molecular weight is 159 g/mol. The number of carbonyl (C=O) groups excluding carboxylic acids is 1. The van der Waals surface area contributed by atoms with Crippen molar-refractivity contribution in [1.82, 2.24) is 0 Å². The Kier molecular flexibility index (Phi) is 3.50. The van der Waals surface area contributed by atoms with Gasteiger partial charge in [-0.05, 0) is 20.8 Å². The van der Waals surface area contributed by atoms with Crippen molar-refractivity contribution < 1.29 is 9.22 Å². The highest BCUT2D eigenvalue weighted by Crippen LogP contribution is 2.15. The standard InChI is InChI=1S/C6H13NO2Si/c1-5(9-10)6(2,3)7-4-8/h5H,1-3,10H3. The highest BCUT2D eigenvalue weighted by Gasteiger charge is 2.23. The van der Waals surface area contributed by atoms with Crippen LogP contribution in [0, 0.1) is 0 Å². The molecule has 0 saturated heterocycles. The SMILES string of the molecule is CC(O[SiH3])C(C)(C)N=C=O. The van der Waals surface area contributed by atoms with Gasteiger partial charge in [-0.3, -0.25) is 0 Å². The number of isocyanates is 1. The van der Waals surface area contributed by atoms with Crippen LogP contribution in [0.15, 0.2) is 4.99 Å². The van der Waals surface area contributed by atoms with Gasteiger partial charge >= 0.3 is 0 Å². The fourth-order valence-electron chi connectivity index (χ4n) is 0.497. The minimum absolute atomic E-state index is 0.000571. The van der Waals surface area contributed by atoms with Gasteiger partial charge in [0.1, 0.15) is 10.5 Å². The van der Waals surface area contributed by atoms with Gasteiger partial charge < -0.3 is 4.43 Å². The number of hydrogen-bond donors (Lipinski definition) is 0. The number of rotatable bonds is 3. The normalized spacial score (nSPS) is 14.3. The highest BCUT2D eigenvalue weighted by atomic mass is 28.2. The van der Waals surface area contributed by atoms with Crippen LogP contribution in [0.4, 0.5) is 0 Å². The minimum Gasteiger partial charge on any atom is -0.423 e. The van der Waals surface area contributed by atoms with E-state index in [2.05, 4.69) is 4.99 Å². The van der Waals surface area contributed by atoms with Crippen LogP contribution in [0.5, 0.6) is 0 Å². The van der Waals surface area contributed by atoms with Crippen molar-refractivity contribution in [2.45, 2.75) is 32.4 Å². The predicted molar refractivity (Wildman–Crippen MR) is 42.7 cm³/mol. The van der Waals surface area contributed by atoms with Crippen molar-refractivity contribution >= 4 is 16.6 Å². The Bertz CT molecular complexity index is 152. The van der Waals surface area contributed by atoms with Crippen molar-refractivity contribution in [1.29, 1.82) is 0 Å². The van der Waals surface area contributed by atoms with E-state index in [0.717, 1.165) is 0 Å². The van der Waals surface area contributed by atoms with Crippen LogP contribution in [0.2, 0.25) is 0 Å². The number of nitrogens with zero attached hydrogens (tertiary/aromatic N) is 1. The molecule has 1 unspecified atom stereocenters. The van der Waals surface area contributed by atoms with E-state index in [1.54, 1.807) is 0 Å². The molecule has 0 saturated carbocycles. The molecule has 0 aliphatic heterocycles. The fraction of sp³-hybridized carbons (Fsp3) is 0.833. The van der Waals surface area contributed by atoms with Crippen molar-refractivity contribution in [2.24, 2.45) is 4.99 Å². The zero-order chi connectivity index (χ0) is 8.20. The Morgan fingerprint density at radius 1 is 1.70 bits per heavy atom. The smallest absolute Gasteiger partial charge is 0.235 e. The largest absolute Gasteiger partial charge is 0.423 e. The van der Waals surface area contributed by atoms with Crippen LogP contribution in [-0.2, 0) is 9.22 Å². The van der Waals surface area contributed by atoms with Gasteiger partial charge in [0.25, 0.3) is 0 Å². The third-order valence-corrected chi connectivity index (χ3v) is 2.39. The molecule has 10 heavy (non-hydrogen) atoms. The molecule has 0 aromatic rings. The number of hydrogen-bond acceptors (Lipinski definition) is 3. The van der Waals surface area contributed by atoms with E-state index in [9.17, 15) is 4.79 Å². The first kappa shape index (κ1) is 9.56. The van der Waals surface area contributed by atoms with Crippen molar-refractivity contribution in [3.8, 4) is 0 Å². The third-order valence-electron chi connectivity index (χ3n) is 1.68. The maximum atomic E-state index is 9.90. The summed E-state index contributed by atoms with van der Waals surface area (Å²) < 4.78 is 5.13. The molecule has 0 radical (unpaired) electrons. The predicted octanol–water partition coefficient (Wildman–Crippen LogP) is -0.214. The zero-order valence-corrected chi connectivity index (χ0v) is 8.84. The molecule has 58 valence electrons. The Labute approximate surface area is 64.0 Å². The summed E-state index contributed by atoms with van der Waals surface area (Å²) in [7, 11) is 0.671. The Morgan fingerprint density at radius 3 is 2.50 bits per heavy atom. The van der Waals surface area contributed by atoms with Crippen LogP contribution in [-0.4, -0.2) is 28.2 Å². The molecule has 0 spiro atoms. The van der Waals surface area contributed by atoms with Crippen LogP contribution >= 0.6 is 0 Å². The second kappa shape index (κ2) is 3.66. The molecule has 0 heterocycles. The van der Waals surface area contributed by atoms with Gasteiger partial charge in [-0.2, -0.15) is 4.99 Å². The van der Waals surface area contributed by atoms with Gasteiger partial charge in [0, 0.05) is 0 Å². The van der Waals surface area contributed by atoms with Gasteiger partial charge in [-0.15, -0.1) is 0 Å². The van der Waals surface area contributed by atoms with E-state index in [1.165, 1.54) is 6.08 Å². The molecule has 1 atom stereocenters. The molecule has 4 heteroatoms. The van der Waals surface area contributed by atoms with Crippen molar-refractivity contribution in [3.63, 3.8) is 0 Å². The van der Waals surface area contributed by atoms with Gasteiger partial charge in [-0.1, -0.05) is 0 Å². The van der Waals surface area contributed by atoms with Crippen molar-refractivity contribution in [2.75, 3.05) is 0 Å². The van der Waals surface area contributed by atoms with Gasteiger partial charge in [0.05, 0.1) is 11.6 Å². The molecule has 0 aliphatic carbocycles. The fourth-order valence-corrected chi connectivity index (χ4v) is 1.07. The molecule has 0 N–H and O–H groups in total. The average Bonchev–Trinajstić information content (AvgIpc) is 1.86. The lowest BCUT2D eigenvalue weighted by Crippen LogP contribution is -2.33. The molecule has 0 fully saturated rings. The second-order valence-electron chi connectivity index (χ2n) is 2.73. The van der Waals surface area contributed by atoms with E-state index in [0.29, 0.717) is 10.5 Å². The Balaban J connectivity index is 4.22. The lowest BCUT2D eigenvalue weighted by atomic mass is 10.0. The highest BCUT2D eigenvalue weighted by molar-refractivity contribution is 5.98. The van der Waals surface area contributed by atoms with Gasteiger partial charge in [0.15, 0.2) is 0 Å². The van der Waals surface area contributed by atoms with Gasteiger partial charge in [0.2, 0.25) is 6.08 Å². The summed E-state index contributed by atoms with van der Waals surface area (Å²) in [5.41, 5.74) is -0.427. The molecule has 0 aromatic carbocycles. The first-order valence-electron chi connectivity index (χ1n) is 3.16. The lowest BCUT2D eigenvalue weighted by molar-refractivity contribution is 0.162. The molecular weight excluding hydrogens is 146 g/mol. The van der Waals surface area contributed by atoms with Crippen LogP contribution in [0.25, 0.3) is 0 Å². The summed E-state index contributed by atoms with van der Waals surface area (Å²) in [5, 5.41) is 0. The third kappa shape index (κ3) is 2.43. The van der Waals surface area contributed by atoms with Crippen LogP contribution in [0.3, 0.4) is 0 Å². The quantitative estimate of drug-likeness (QED) is 0.324. The maximum Gasteiger partial charge on any atom is 0.235 e. The van der Waals surface area contributed by atoms with Crippen LogP contribution < -0.4 is 0 Å². The molecule has 0 bridgehead atoms. The minimum atomic E-state index is -0.427. The summed E-state index contributed by atoms with van der Waals surface area (Å²) >= 11 is 0. The summed E-state index contributed by atoms with van der Waals surface area (Å²) in [6.07, 6.45) is 1.53. The van der Waals surface area contributed by atoms with E-state index in [4.69, 9.17) is 4.43 Å². The monoisotopic (exact) mass is 159 g/mol. The van der Waals surface area contributed by atoms with E-state index >= 15 is 0 Å². The molecule has 0 aliphatic rings. The van der Waals surface area contributed by atoms with Gasteiger partial charge in [-0.25, -0.2) is 4.79 Å². The Morgan fingerprint density at radius 2 is 2.20 bits per heavy atom. The molecule has 0 aromatic heterocycles. The van der Waals surface area contributed by atoms with Crippen molar-refractivity contribution in [3.05, 3.63) is 0 Å². The first-order chi connectivity index (χ1) is 4.54. The van der Waals surface area contributed by atoms with E-state index in [1.807, 2.05) is 20.8 Å². The number of aliphatic imine (C=N–C) groups is 1. The first-order valence-corrected chi connectivity index (χ1v) is 3.98. The summed E-state index contributed by atoms with van der Waals surface area (Å²) in [4.78, 5) is 13.5. The topological polar surface area (TPSA) is 38.7 Å². The molecular formula is C6H13NO2Si. The lowest BCUT2D eigenvalue weighted by Gasteiger charge is -2.24. The van der Waals surface area contributed by atoms with E-state index < -0.39 is 5.54 Å². The summed E-state index contributed by atoms with van der Waals surface area (Å²) in [6.45, 7) is 5.59. The maximum absolute atomic E-state index is 9.90. The second-order valence-corrected chi connectivity index (χ2v) is 3.21. The molecule has 3 nitrogen and oxygen atoms in total. The molecule has 0 rings (SSSR count).